The zero-order valence-corrected chi connectivity index (χ0v) is 13.7. The molecule has 0 amide bonds. The van der Waals surface area contributed by atoms with E-state index in [1.165, 1.54) is 11.3 Å². The molecule has 0 saturated carbocycles. The molecule has 0 bridgehead atoms. The number of anilines is 1. The molecule has 0 spiro atoms. The summed E-state index contributed by atoms with van der Waals surface area (Å²) in [5, 5.41) is 0. The molecule has 0 aromatic heterocycles. The van der Waals surface area contributed by atoms with Crippen molar-refractivity contribution in [2.24, 2.45) is 11.7 Å². The lowest BCUT2D eigenvalue weighted by Gasteiger charge is -2.32. The van der Waals surface area contributed by atoms with Gasteiger partial charge in [-0.25, -0.2) is 0 Å². The van der Waals surface area contributed by atoms with E-state index in [0.717, 1.165) is 10.9 Å². The van der Waals surface area contributed by atoms with E-state index < -0.39 is 0 Å². The van der Waals surface area contributed by atoms with Crippen LogP contribution in [0.3, 0.4) is 0 Å². The molecule has 2 atom stereocenters. The van der Waals surface area contributed by atoms with Crippen LogP contribution in [-0.2, 0) is 6.42 Å². The van der Waals surface area contributed by atoms with Crippen LogP contribution < -0.4 is 10.6 Å². The molecular formula is C15H25BrN2. The molecule has 2 unspecified atom stereocenters. The Kier molecular flexibility index (Phi) is 5.67. The molecule has 2 N–H and O–H groups in total. The van der Waals surface area contributed by atoms with E-state index in [4.69, 9.17) is 5.73 Å². The standard InChI is InChI=1S/C15H25BrN2/c1-10(2)12(4)18(5)15-9-14(16)7-6-13(15)8-11(3)17/h6-7,9-12H,8,17H2,1-5H3. The Labute approximate surface area is 120 Å². The topological polar surface area (TPSA) is 29.3 Å². The summed E-state index contributed by atoms with van der Waals surface area (Å²) in [6, 6.07) is 7.15. The van der Waals surface area contributed by atoms with Crippen LogP contribution in [-0.4, -0.2) is 19.1 Å². The second-order valence-corrected chi connectivity index (χ2v) is 6.47. The Hall–Kier alpha value is -0.540. The molecule has 1 rings (SSSR count). The number of nitrogens with two attached hydrogens (primary N) is 1. The largest absolute Gasteiger partial charge is 0.371 e. The van der Waals surface area contributed by atoms with Crippen molar-refractivity contribution in [3.63, 3.8) is 0 Å². The van der Waals surface area contributed by atoms with Gasteiger partial charge in [0.15, 0.2) is 0 Å². The van der Waals surface area contributed by atoms with Gasteiger partial charge in [-0.15, -0.1) is 0 Å². The summed E-state index contributed by atoms with van der Waals surface area (Å²) >= 11 is 3.56. The van der Waals surface area contributed by atoms with Crippen LogP contribution in [0.1, 0.15) is 33.3 Å². The minimum atomic E-state index is 0.188. The zero-order valence-electron chi connectivity index (χ0n) is 12.1. The van der Waals surface area contributed by atoms with E-state index in [1.807, 2.05) is 0 Å². The summed E-state index contributed by atoms with van der Waals surface area (Å²) in [4.78, 5) is 2.35. The van der Waals surface area contributed by atoms with Crippen molar-refractivity contribution in [2.45, 2.75) is 46.2 Å². The second-order valence-electron chi connectivity index (χ2n) is 5.55. The number of rotatable bonds is 5. The smallest absolute Gasteiger partial charge is 0.0410 e. The normalized spacial score (nSPS) is 14.7. The van der Waals surface area contributed by atoms with Gasteiger partial charge >= 0.3 is 0 Å². The quantitative estimate of drug-likeness (QED) is 0.895. The number of hydrogen-bond donors (Lipinski definition) is 1. The molecule has 102 valence electrons. The lowest BCUT2D eigenvalue weighted by Crippen LogP contribution is -2.34. The third-order valence-electron chi connectivity index (χ3n) is 3.54. The fourth-order valence-corrected chi connectivity index (χ4v) is 2.40. The van der Waals surface area contributed by atoms with Crippen molar-refractivity contribution in [3.8, 4) is 0 Å². The van der Waals surface area contributed by atoms with Gasteiger partial charge in [0.05, 0.1) is 0 Å². The van der Waals surface area contributed by atoms with Crippen molar-refractivity contribution >= 4 is 21.6 Å². The molecule has 0 aliphatic rings. The maximum atomic E-state index is 5.94. The number of nitrogens with zero attached hydrogens (tertiary/aromatic N) is 1. The van der Waals surface area contributed by atoms with Gasteiger partial charge in [-0.05, 0) is 43.9 Å². The molecule has 3 heteroatoms. The van der Waals surface area contributed by atoms with Gasteiger partial charge in [-0.1, -0.05) is 35.8 Å². The van der Waals surface area contributed by atoms with Gasteiger partial charge < -0.3 is 10.6 Å². The lowest BCUT2D eigenvalue weighted by molar-refractivity contribution is 0.504. The lowest BCUT2D eigenvalue weighted by atomic mass is 10.0. The van der Waals surface area contributed by atoms with E-state index >= 15 is 0 Å². The molecule has 0 aliphatic heterocycles. The van der Waals surface area contributed by atoms with Crippen LogP contribution in [0, 0.1) is 5.92 Å². The highest BCUT2D eigenvalue weighted by Gasteiger charge is 2.17. The molecule has 0 aliphatic carbocycles. The molecular weight excluding hydrogens is 288 g/mol. The monoisotopic (exact) mass is 312 g/mol. The molecule has 2 nitrogen and oxygen atoms in total. The van der Waals surface area contributed by atoms with E-state index in [9.17, 15) is 0 Å². The number of halogens is 1. The van der Waals surface area contributed by atoms with Crippen LogP contribution in [0.15, 0.2) is 22.7 Å². The number of benzene rings is 1. The third-order valence-corrected chi connectivity index (χ3v) is 4.04. The first-order valence-electron chi connectivity index (χ1n) is 6.59. The molecule has 0 radical (unpaired) electrons. The minimum absolute atomic E-state index is 0.188. The first kappa shape index (κ1) is 15.5. The Morgan fingerprint density at radius 3 is 2.33 bits per heavy atom. The van der Waals surface area contributed by atoms with Crippen LogP contribution in [0.25, 0.3) is 0 Å². The van der Waals surface area contributed by atoms with Gasteiger partial charge in [0, 0.05) is 29.3 Å². The van der Waals surface area contributed by atoms with Gasteiger partial charge in [-0.3, -0.25) is 0 Å². The Balaban J connectivity index is 3.08. The van der Waals surface area contributed by atoms with Crippen molar-refractivity contribution < 1.29 is 0 Å². The van der Waals surface area contributed by atoms with E-state index in [1.54, 1.807) is 0 Å². The average molecular weight is 313 g/mol. The predicted octanol–water partition coefficient (Wildman–Crippen LogP) is 3.82. The van der Waals surface area contributed by atoms with E-state index in [-0.39, 0.29) is 6.04 Å². The fraction of sp³-hybridized carbons (Fsp3) is 0.600. The average Bonchev–Trinajstić information content (AvgIpc) is 2.28. The molecule has 1 aromatic rings. The van der Waals surface area contributed by atoms with Gasteiger partial charge in [0.2, 0.25) is 0 Å². The van der Waals surface area contributed by atoms with Gasteiger partial charge in [-0.2, -0.15) is 0 Å². The molecule has 18 heavy (non-hydrogen) atoms. The summed E-state index contributed by atoms with van der Waals surface area (Å²) < 4.78 is 1.12. The summed E-state index contributed by atoms with van der Waals surface area (Å²) in [5.41, 5.74) is 8.54. The van der Waals surface area contributed by atoms with Gasteiger partial charge in [0.1, 0.15) is 0 Å². The van der Waals surface area contributed by atoms with Crippen molar-refractivity contribution in [1.82, 2.24) is 0 Å². The molecule has 0 heterocycles. The summed E-state index contributed by atoms with van der Waals surface area (Å²) in [6.07, 6.45) is 0.914. The summed E-state index contributed by atoms with van der Waals surface area (Å²) in [5.74, 6) is 0.622. The minimum Gasteiger partial charge on any atom is -0.371 e. The predicted molar refractivity (Wildman–Crippen MR) is 84.2 cm³/mol. The van der Waals surface area contributed by atoms with Crippen LogP contribution in [0.2, 0.25) is 0 Å². The maximum Gasteiger partial charge on any atom is 0.0410 e. The first-order chi connectivity index (χ1) is 8.32. The summed E-state index contributed by atoms with van der Waals surface area (Å²) in [7, 11) is 2.16. The Morgan fingerprint density at radius 1 is 1.22 bits per heavy atom. The molecule has 1 aromatic carbocycles. The fourth-order valence-electron chi connectivity index (χ4n) is 2.05. The van der Waals surface area contributed by atoms with Crippen LogP contribution >= 0.6 is 15.9 Å². The van der Waals surface area contributed by atoms with Crippen molar-refractivity contribution in [2.75, 3.05) is 11.9 Å². The van der Waals surface area contributed by atoms with E-state index in [2.05, 4.69) is 73.8 Å². The highest BCUT2D eigenvalue weighted by Crippen LogP contribution is 2.28. The maximum absolute atomic E-state index is 5.94. The summed E-state index contributed by atoms with van der Waals surface area (Å²) in [6.45, 7) is 8.83. The van der Waals surface area contributed by atoms with Crippen molar-refractivity contribution in [3.05, 3.63) is 28.2 Å². The van der Waals surface area contributed by atoms with Crippen LogP contribution in [0.5, 0.6) is 0 Å². The highest BCUT2D eigenvalue weighted by molar-refractivity contribution is 9.10. The third kappa shape index (κ3) is 3.99. The second kappa shape index (κ2) is 6.58. The zero-order chi connectivity index (χ0) is 13.9. The van der Waals surface area contributed by atoms with Crippen molar-refractivity contribution in [1.29, 1.82) is 0 Å². The number of hydrogen-bond acceptors (Lipinski definition) is 2. The van der Waals surface area contributed by atoms with E-state index in [0.29, 0.717) is 12.0 Å². The van der Waals surface area contributed by atoms with Crippen LogP contribution in [0.4, 0.5) is 5.69 Å². The Bertz CT molecular complexity index is 388. The first-order valence-corrected chi connectivity index (χ1v) is 7.39. The highest BCUT2D eigenvalue weighted by atomic mass is 79.9. The molecule has 0 fully saturated rings. The van der Waals surface area contributed by atoms with Gasteiger partial charge in [0.25, 0.3) is 0 Å². The Morgan fingerprint density at radius 2 is 1.83 bits per heavy atom. The molecule has 0 saturated heterocycles. The SMILES string of the molecule is CC(N)Cc1ccc(Br)cc1N(C)C(C)C(C)C.